The Morgan fingerprint density at radius 1 is 1.38 bits per heavy atom. The van der Waals surface area contributed by atoms with Gasteiger partial charge in [-0.15, -0.1) is 0 Å². The van der Waals surface area contributed by atoms with E-state index in [-0.39, 0.29) is 5.56 Å². The monoisotopic (exact) mass is 185 g/mol. The van der Waals surface area contributed by atoms with Gasteiger partial charge in [-0.25, -0.2) is 8.78 Å². The first kappa shape index (κ1) is 9.64. The van der Waals surface area contributed by atoms with Crippen molar-refractivity contribution < 1.29 is 13.6 Å². The van der Waals surface area contributed by atoms with E-state index in [9.17, 15) is 13.6 Å². The smallest absolute Gasteiger partial charge is 0.224 e. The van der Waals surface area contributed by atoms with Crippen molar-refractivity contribution in [2.24, 2.45) is 5.73 Å². The molecule has 70 valence electrons. The van der Waals surface area contributed by atoms with E-state index in [0.717, 1.165) is 12.1 Å². The second-order valence-electron chi connectivity index (χ2n) is 2.76. The minimum absolute atomic E-state index is 0.269. The van der Waals surface area contributed by atoms with E-state index in [2.05, 4.69) is 0 Å². The van der Waals surface area contributed by atoms with Crippen molar-refractivity contribution in [2.75, 3.05) is 0 Å². The molecule has 4 heteroatoms. The number of hydrogen-bond donors (Lipinski definition) is 1. The molecule has 0 spiro atoms. The molecule has 0 heterocycles. The summed E-state index contributed by atoms with van der Waals surface area (Å²) in [6, 6.07) is 3.43. The quantitative estimate of drug-likeness (QED) is 0.746. The molecular formula is C9H9F2NO. The Morgan fingerprint density at radius 2 is 1.85 bits per heavy atom. The van der Waals surface area contributed by atoms with Gasteiger partial charge in [0.05, 0.1) is 5.92 Å². The summed E-state index contributed by atoms with van der Waals surface area (Å²) in [7, 11) is 0. The summed E-state index contributed by atoms with van der Waals surface area (Å²) in [5.74, 6) is -3.18. The molecule has 2 nitrogen and oxygen atoms in total. The van der Waals surface area contributed by atoms with E-state index in [1.54, 1.807) is 0 Å². The molecule has 1 rings (SSSR count). The summed E-state index contributed by atoms with van der Waals surface area (Å²) in [6.07, 6.45) is 0. The largest absolute Gasteiger partial charge is 0.369 e. The first-order valence-electron chi connectivity index (χ1n) is 3.77. The Morgan fingerprint density at radius 3 is 2.23 bits per heavy atom. The molecule has 0 bridgehead atoms. The summed E-state index contributed by atoms with van der Waals surface area (Å²) in [6.45, 7) is 1.36. The van der Waals surface area contributed by atoms with Crippen LogP contribution in [0, 0.1) is 11.6 Å². The van der Waals surface area contributed by atoms with Crippen LogP contribution in [0.4, 0.5) is 8.78 Å². The topological polar surface area (TPSA) is 43.1 Å². The first-order valence-corrected chi connectivity index (χ1v) is 3.77. The Bertz CT molecular complexity index is 318. The van der Waals surface area contributed by atoms with Gasteiger partial charge in [-0.2, -0.15) is 0 Å². The lowest BCUT2D eigenvalue weighted by Gasteiger charge is -2.09. The van der Waals surface area contributed by atoms with Crippen LogP contribution in [0.15, 0.2) is 18.2 Å². The number of primary amides is 1. The van der Waals surface area contributed by atoms with Gasteiger partial charge in [-0.3, -0.25) is 4.79 Å². The fourth-order valence-electron chi connectivity index (χ4n) is 1.07. The second kappa shape index (κ2) is 3.51. The zero-order valence-corrected chi connectivity index (χ0v) is 7.05. The second-order valence-corrected chi connectivity index (χ2v) is 2.76. The van der Waals surface area contributed by atoms with E-state index in [0.29, 0.717) is 0 Å². The molecule has 1 amide bonds. The van der Waals surface area contributed by atoms with E-state index in [1.165, 1.54) is 13.0 Å². The Kier molecular flexibility index (Phi) is 2.60. The van der Waals surface area contributed by atoms with Crippen LogP contribution in [-0.4, -0.2) is 5.91 Å². The molecule has 0 aliphatic rings. The maximum absolute atomic E-state index is 13.0. The van der Waals surface area contributed by atoms with E-state index >= 15 is 0 Å². The lowest BCUT2D eigenvalue weighted by molar-refractivity contribution is -0.119. The summed E-state index contributed by atoms with van der Waals surface area (Å²) in [5, 5.41) is 0. The van der Waals surface area contributed by atoms with Gasteiger partial charge in [0, 0.05) is 5.56 Å². The summed E-state index contributed by atoms with van der Waals surface area (Å²) in [5.41, 5.74) is 4.66. The van der Waals surface area contributed by atoms with Gasteiger partial charge in [0.15, 0.2) is 0 Å². The van der Waals surface area contributed by atoms with Gasteiger partial charge >= 0.3 is 0 Å². The number of carbonyl (C=O) groups excluding carboxylic acids is 1. The van der Waals surface area contributed by atoms with Crippen LogP contribution < -0.4 is 5.73 Å². The average Bonchev–Trinajstić information content (AvgIpc) is 2.03. The zero-order valence-electron chi connectivity index (χ0n) is 7.05. The third kappa shape index (κ3) is 1.83. The highest BCUT2D eigenvalue weighted by Gasteiger charge is 2.19. The summed E-state index contributed by atoms with van der Waals surface area (Å²) in [4.78, 5) is 10.7. The molecule has 0 aliphatic heterocycles. The minimum atomic E-state index is -0.943. The van der Waals surface area contributed by atoms with Crippen molar-refractivity contribution in [2.45, 2.75) is 12.8 Å². The number of benzene rings is 1. The van der Waals surface area contributed by atoms with Crippen molar-refractivity contribution in [1.29, 1.82) is 0 Å². The third-order valence-corrected chi connectivity index (χ3v) is 1.86. The van der Waals surface area contributed by atoms with Crippen LogP contribution in [-0.2, 0) is 4.79 Å². The highest BCUT2D eigenvalue weighted by Crippen LogP contribution is 2.21. The predicted molar refractivity (Wildman–Crippen MR) is 44.0 cm³/mol. The molecule has 0 aromatic heterocycles. The van der Waals surface area contributed by atoms with Crippen LogP contribution >= 0.6 is 0 Å². The molecule has 1 atom stereocenters. The SMILES string of the molecule is C[C@@H](C(N)=O)c1c(F)cccc1F. The average molecular weight is 185 g/mol. The van der Waals surface area contributed by atoms with Crippen LogP contribution in [0.5, 0.6) is 0 Å². The molecule has 0 aliphatic carbocycles. The normalized spacial score (nSPS) is 12.5. The lowest BCUT2D eigenvalue weighted by atomic mass is 9.99. The fraction of sp³-hybridized carbons (Fsp3) is 0.222. The molecule has 0 fully saturated rings. The number of rotatable bonds is 2. The van der Waals surface area contributed by atoms with Gasteiger partial charge in [-0.1, -0.05) is 6.07 Å². The van der Waals surface area contributed by atoms with Gasteiger partial charge in [0.25, 0.3) is 0 Å². The molecule has 0 radical (unpaired) electrons. The predicted octanol–water partition coefficient (Wildman–Crippen LogP) is 1.55. The maximum atomic E-state index is 13.0. The van der Waals surface area contributed by atoms with E-state index < -0.39 is 23.5 Å². The minimum Gasteiger partial charge on any atom is -0.369 e. The molecule has 1 aromatic rings. The molecule has 0 saturated heterocycles. The number of halogens is 2. The van der Waals surface area contributed by atoms with Crippen molar-refractivity contribution in [3.8, 4) is 0 Å². The highest BCUT2D eigenvalue weighted by atomic mass is 19.1. The van der Waals surface area contributed by atoms with Gasteiger partial charge < -0.3 is 5.73 Å². The number of amides is 1. The standard InChI is InChI=1S/C9H9F2NO/c1-5(9(12)13)8-6(10)3-2-4-7(8)11/h2-5H,1H3,(H2,12,13)/t5-/m1/s1. The van der Waals surface area contributed by atoms with E-state index in [4.69, 9.17) is 5.73 Å². The Labute approximate surface area is 74.4 Å². The highest BCUT2D eigenvalue weighted by molar-refractivity contribution is 5.81. The molecular weight excluding hydrogens is 176 g/mol. The van der Waals surface area contributed by atoms with Gasteiger partial charge in [-0.05, 0) is 19.1 Å². The maximum Gasteiger partial charge on any atom is 0.224 e. The summed E-state index contributed by atoms with van der Waals surface area (Å²) >= 11 is 0. The number of hydrogen-bond acceptors (Lipinski definition) is 1. The number of carbonyl (C=O) groups is 1. The van der Waals surface area contributed by atoms with Crippen LogP contribution in [0.25, 0.3) is 0 Å². The molecule has 2 N–H and O–H groups in total. The fourth-order valence-corrected chi connectivity index (χ4v) is 1.07. The zero-order chi connectivity index (χ0) is 10.0. The van der Waals surface area contributed by atoms with Crippen molar-refractivity contribution >= 4 is 5.91 Å². The van der Waals surface area contributed by atoms with Crippen molar-refractivity contribution in [3.05, 3.63) is 35.4 Å². The molecule has 0 saturated carbocycles. The van der Waals surface area contributed by atoms with Crippen molar-refractivity contribution in [3.63, 3.8) is 0 Å². The van der Waals surface area contributed by atoms with Gasteiger partial charge in [0.2, 0.25) is 5.91 Å². The first-order chi connectivity index (χ1) is 6.04. The number of nitrogens with two attached hydrogens (primary N) is 1. The lowest BCUT2D eigenvalue weighted by Crippen LogP contribution is -2.20. The van der Waals surface area contributed by atoms with Crippen LogP contribution in [0.2, 0.25) is 0 Å². The Balaban J connectivity index is 3.20. The molecule has 13 heavy (non-hydrogen) atoms. The van der Waals surface area contributed by atoms with Gasteiger partial charge in [0.1, 0.15) is 11.6 Å². The molecule has 0 unspecified atom stereocenters. The van der Waals surface area contributed by atoms with E-state index in [1.807, 2.05) is 0 Å². The molecule has 1 aromatic carbocycles. The Hall–Kier alpha value is -1.45. The van der Waals surface area contributed by atoms with Crippen LogP contribution in [0.1, 0.15) is 18.4 Å². The third-order valence-electron chi connectivity index (χ3n) is 1.86. The van der Waals surface area contributed by atoms with Crippen LogP contribution in [0.3, 0.4) is 0 Å². The van der Waals surface area contributed by atoms with Crippen molar-refractivity contribution in [1.82, 2.24) is 0 Å². The summed E-state index contributed by atoms with van der Waals surface area (Å²) < 4.78 is 26.0.